The zero-order valence-electron chi connectivity index (χ0n) is 4.80. The predicted molar refractivity (Wildman–Crippen MR) is 30.6 cm³/mol. The summed E-state index contributed by atoms with van der Waals surface area (Å²) in [4.78, 5) is 9.76. The topological polar surface area (TPSA) is 37.3 Å². The molecule has 0 aromatic heterocycles. The van der Waals surface area contributed by atoms with Crippen LogP contribution in [0.2, 0.25) is 0 Å². The zero-order chi connectivity index (χ0) is 7.28. The van der Waals surface area contributed by atoms with Crippen LogP contribution in [0.3, 0.4) is 0 Å². The van der Waals surface area contributed by atoms with E-state index in [2.05, 4.69) is 5.92 Å². The Balaban J connectivity index is 3.41. The minimum absolute atomic E-state index is 0.0914. The molecule has 0 aromatic carbocycles. The number of terminal acetylenes is 1. The Morgan fingerprint density at radius 3 is 2.78 bits per heavy atom. The van der Waals surface area contributed by atoms with E-state index in [0.29, 0.717) is 0 Å². The molecule has 9 heavy (non-hydrogen) atoms. The first kappa shape index (κ1) is 7.96. The van der Waals surface area contributed by atoms with Crippen molar-refractivity contribution in [3.63, 3.8) is 0 Å². The van der Waals surface area contributed by atoms with Crippen molar-refractivity contribution in [3.05, 3.63) is 0 Å². The van der Waals surface area contributed by atoms with Gasteiger partial charge in [0, 0.05) is 12.8 Å². The Hall–Kier alpha value is -1.04. The van der Waals surface area contributed by atoms with Crippen molar-refractivity contribution in [2.24, 2.45) is 0 Å². The fourth-order valence-electron chi connectivity index (χ4n) is 0.334. The van der Waals surface area contributed by atoms with Crippen molar-refractivity contribution in [1.82, 2.24) is 0 Å². The third-order valence-electron chi connectivity index (χ3n) is 0.810. The molecule has 0 heterocycles. The Morgan fingerprint density at radius 2 is 2.44 bits per heavy atom. The highest BCUT2D eigenvalue weighted by atomic mass is 19.1. The minimum Gasteiger partial charge on any atom is -0.479 e. The number of carboxylic acids is 1. The van der Waals surface area contributed by atoms with Gasteiger partial charge in [-0.1, -0.05) is 0 Å². The highest BCUT2D eigenvalue weighted by Crippen LogP contribution is 1.99. The van der Waals surface area contributed by atoms with Crippen molar-refractivity contribution in [3.8, 4) is 12.3 Å². The van der Waals surface area contributed by atoms with E-state index in [1.807, 2.05) is 0 Å². The quantitative estimate of drug-likeness (QED) is 0.574. The number of carboxylic acid groups (broad SMARTS) is 1. The van der Waals surface area contributed by atoms with Crippen LogP contribution in [0.25, 0.3) is 0 Å². The molecule has 0 radical (unpaired) electrons. The lowest BCUT2D eigenvalue weighted by atomic mass is 10.2. The van der Waals surface area contributed by atoms with E-state index in [1.54, 1.807) is 0 Å². The lowest BCUT2D eigenvalue weighted by molar-refractivity contribution is -0.142. The molecule has 0 bridgehead atoms. The van der Waals surface area contributed by atoms with E-state index >= 15 is 0 Å². The molecule has 0 amide bonds. The lowest BCUT2D eigenvalue weighted by Crippen LogP contribution is -2.13. The molecule has 0 saturated heterocycles. The molecular formula is C6H7FO2. The molecule has 0 spiro atoms. The Labute approximate surface area is 52.7 Å². The molecule has 0 aliphatic carbocycles. The number of aliphatic carboxylic acids is 1. The van der Waals surface area contributed by atoms with E-state index in [9.17, 15) is 9.18 Å². The van der Waals surface area contributed by atoms with Gasteiger partial charge in [-0.15, -0.1) is 12.3 Å². The molecule has 0 aromatic rings. The fraction of sp³-hybridized carbons (Fsp3) is 0.500. The second-order valence-electron chi connectivity index (χ2n) is 1.55. The average Bonchev–Trinajstić information content (AvgIpc) is 1.82. The van der Waals surface area contributed by atoms with Crippen molar-refractivity contribution >= 4 is 5.97 Å². The van der Waals surface area contributed by atoms with Gasteiger partial charge in [0.05, 0.1) is 0 Å². The molecule has 0 aliphatic heterocycles. The molecule has 0 unspecified atom stereocenters. The van der Waals surface area contributed by atoms with Crippen molar-refractivity contribution < 1.29 is 14.3 Å². The number of hydrogen-bond acceptors (Lipinski definition) is 1. The van der Waals surface area contributed by atoms with Crippen LogP contribution in [0.1, 0.15) is 12.8 Å². The number of carbonyl (C=O) groups is 1. The van der Waals surface area contributed by atoms with Gasteiger partial charge in [-0.2, -0.15) is 0 Å². The van der Waals surface area contributed by atoms with Crippen LogP contribution in [-0.4, -0.2) is 17.2 Å². The summed E-state index contributed by atoms with van der Waals surface area (Å²) in [6, 6.07) is 0. The number of hydrogen-bond donors (Lipinski definition) is 1. The molecule has 0 rings (SSSR count). The summed E-state index contributed by atoms with van der Waals surface area (Å²) in [5.74, 6) is 0.711. The van der Waals surface area contributed by atoms with Crippen molar-refractivity contribution in [2.75, 3.05) is 0 Å². The second-order valence-corrected chi connectivity index (χ2v) is 1.55. The van der Waals surface area contributed by atoms with Gasteiger partial charge in [0.15, 0.2) is 6.17 Å². The SMILES string of the molecule is C#CCC[C@H](F)C(=O)O. The summed E-state index contributed by atoms with van der Waals surface area (Å²) in [5, 5.41) is 7.97. The van der Waals surface area contributed by atoms with Gasteiger partial charge in [0.25, 0.3) is 0 Å². The number of halogens is 1. The number of alkyl halides is 1. The normalized spacial score (nSPS) is 12.0. The van der Waals surface area contributed by atoms with Crippen LogP contribution >= 0.6 is 0 Å². The maximum Gasteiger partial charge on any atom is 0.338 e. The molecule has 1 N–H and O–H groups in total. The second kappa shape index (κ2) is 3.90. The van der Waals surface area contributed by atoms with Crippen LogP contribution in [-0.2, 0) is 4.79 Å². The largest absolute Gasteiger partial charge is 0.479 e. The zero-order valence-corrected chi connectivity index (χ0v) is 4.80. The monoisotopic (exact) mass is 130 g/mol. The molecule has 2 nitrogen and oxygen atoms in total. The van der Waals surface area contributed by atoms with Gasteiger partial charge in [-0.25, -0.2) is 9.18 Å². The van der Waals surface area contributed by atoms with Crippen LogP contribution in [0, 0.1) is 12.3 Å². The summed E-state index contributed by atoms with van der Waals surface area (Å²) in [6.45, 7) is 0. The van der Waals surface area contributed by atoms with E-state index in [1.165, 1.54) is 0 Å². The van der Waals surface area contributed by atoms with Gasteiger partial charge in [0.2, 0.25) is 0 Å². The van der Waals surface area contributed by atoms with E-state index in [-0.39, 0.29) is 12.8 Å². The smallest absolute Gasteiger partial charge is 0.338 e. The Morgan fingerprint density at radius 1 is 1.89 bits per heavy atom. The van der Waals surface area contributed by atoms with Crippen LogP contribution in [0.4, 0.5) is 4.39 Å². The lowest BCUT2D eigenvalue weighted by Gasteiger charge is -1.95. The van der Waals surface area contributed by atoms with Gasteiger partial charge >= 0.3 is 5.97 Å². The first-order valence-corrected chi connectivity index (χ1v) is 2.49. The third kappa shape index (κ3) is 3.53. The summed E-state index contributed by atoms with van der Waals surface area (Å²) >= 11 is 0. The molecule has 0 fully saturated rings. The molecular weight excluding hydrogens is 123 g/mol. The standard InChI is InChI=1S/C6H7FO2/c1-2-3-4-5(7)6(8)9/h1,5H,3-4H2,(H,8,9)/t5-/m0/s1. The summed E-state index contributed by atoms with van der Waals surface area (Å²) in [6.07, 6.45) is 3.05. The third-order valence-corrected chi connectivity index (χ3v) is 0.810. The van der Waals surface area contributed by atoms with Crippen molar-refractivity contribution in [2.45, 2.75) is 19.0 Å². The summed E-state index contributed by atoms with van der Waals surface area (Å²) < 4.78 is 12.0. The first-order chi connectivity index (χ1) is 4.18. The first-order valence-electron chi connectivity index (χ1n) is 2.49. The molecule has 3 heteroatoms. The average molecular weight is 130 g/mol. The van der Waals surface area contributed by atoms with Gasteiger partial charge < -0.3 is 5.11 Å². The minimum atomic E-state index is -1.80. The number of rotatable bonds is 3. The Bertz CT molecular complexity index is 136. The van der Waals surface area contributed by atoms with Gasteiger partial charge in [0.1, 0.15) is 0 Å². The van der Waals surface area contributed by atoms with E-state index in [4.69, 9.17) is 11.5 Å². The van der Waals surface area contributed by atoms with E-state index in [0.717, 1.165) is 0 Å². The maximum absolute atomic E-state index is 12.0. The van der Waals surface area contributed by atoms with Gasteiger partial charge in [-0.05, 0) is 0 Å². The van der Waals surface area contributed by atoms with Crippen LogP contribution in [0.5, 0.6) is 0 Å². The molecule has 1 atom stereocenters. The molecule has 50 valence electrons. The van der Waals surface area contributed by atoms with Crippen molar-refractivity contribution in [1.29, 1.82) is 0 Å². The predicted octanol–water partition coefficient (Wildman–Crippen LogP) is 0.823. The highest BCUT2D eigenvalue weighted by Gasteiger charge is 2.13. The summed E-state index contributed by atoms with van der Waals surface area (Å²) in [5.41, 5.74) is 0. The van der Waals surface area contributed by atoms with E-state index < -0.39 is 12.1 Å². The van der Waals surface area contributed by atoms with Gasteiger partial charge in [-0.3, -0.25) is 0 Å². The fourth-order valence-corrected chi connectivity index (χ4v) is 0.334. The summed E-state index contributed by atoms with van der Waals surface area (Å²) in [7, 11) is 0. The Kier molecular flexibility index (Phi) is 3.45. The molecule has 0 saturated carbocycles. The highest BCUT2D eigenvalue weighted by molar-refractivity contribution is 5.71. The maximum atomic E-state index is 12.0. The molecule has 0 aliphatic rings. The van der Waals surface area contributed by atoms with Crippen LogP contribution < -0.4 is 0 Å². The van der Waals surface area contributed by atoms with Crippen LogP contribution in [0.15, 0.2) is 0 Å².